The minimum absolute atomic E-state index is 0.0536. The van der Waals surface area contributed by atoms with Crippen LogP contribution in [0.5, 0.6) is 0 Å². The zero-order valence-electron chi connectivity index (χ0n) is 7.49. The van der Waals surface area contributed by atoms with Crippen LogP contribution in [0.2, 0.25) is 0 Å². The number of carbonyl (C=O) groups is 1. The van der Waals surface area contributed by atoms with Crippen molar-refractivity contribution in [2.45, 2.75) is 17.9 Å². The third kappa shape index (κ3) is 1.65. The van der Waals surface area contributed by atoms with Crippen LogP contribution in [0.25, 0.3) is 0 Å². The summed E-state index contributed by atoms with van der Waals surface area (Å²) < 4.78 is 0. The fourth-order valence-electron chi connectivity index (χ4n) is 1.36. The van der Waals surface area contributed by atoms with Crippen LogP contribution in [-0.4, -0.2) is 21.6 Å². The highest BCUT2D eigenvalue weighted by atomic mass is 32.2. The summed E-state index contributed by atoms with van der Waals surface area (Å²) in [7, 11) is 0. The molecule has 1 amide bonds. The van der Waals surface area contributed by atoms with Crippen molar-refractivity contribution >= 4 is 23.5 Å². The molecule has 4 N–H and O–H groups in total. The number of carbonyl (C=O) groups excluding carboxylic acids is 1. The molecular formula is C8H10N4OS. The highest BCUT2D eigenvalue weighted by Crippen LogP contribution is 2.32. The highest BCUT2D eigenvalue weighted by molar-refractivity contribution is 7.99. The van der Waals surface area contributed by atoms with E-state index < -0.39 is 5.91 Å². The van der Waals surface area contributed by atoms with Gasteiger partial charge in [-0.05, 0) is 6.42 Å². The maximum Gasteiger partial charge on any atom is 0.225 e. The molecule has 2 rings (SSSR count). The number of nitrogens with zero attached hydrogens (tertiary/aromatic N) is 2. The lowest BCUT2D eigenvalue weighted by atomic mass is 10.2. The predicted molar refractivity (Wildman–Crippen MR) is 53.8 cm³/mol. The van der Waals surface area contributed by atoms with Crippen LogP contribution in [0.4, 0.5) is 5.82 Å². The normalized spacial score (nSPS) is 14.0. The average Bonchev–Trinajstić information content (AvgIpc) is 2.50. The van der Waals surface area contributed by atoms with Crippen LogP contribution in [0.1, 0.15) is 11.4 Å². The Balaban J connectivity index is 2.36. The van der Waals surface area contributed by atoms with Gasteiger partial charge in [-0.3, -0.25) is 4.79 Å². The molecule has 0 aromatic carbocycles. The second kappa shape index (κ2) is 3.45. The summed E-state index contributed by atoms with van der Waals surface area (Å²) in [6, 6.07) is 0. The fraction of sp³-hybridized carbons (Fsp3) is 0.375. The van der Waals surface area contributed by atoms with Gasteiger partial charge >= 0.3 is 0 Å². The largest absolute Gasteiger partial charge is 0.383 e. The van der Waals surface area contributed by atoms with Gasteiger partial charge in [0.15, 0.2) is 0 Å². The van der Waals surface area contributed by atoms with E-state index in [1.54, 1.807) is 11.8 Å². The first-order valence-corrected chi connectivity index (χ1v) is 5.21. The lowest BCUT2D eigenvalue weighted by molar-refractivity contribution is -0.117. The molecule has 1 aromatic rings. The van der Waals surface area contributed by atoms with Crippen LogP contribution in [0.3, 0.4) is 0 Å². The molecule has 6 heteroatoms. The summed E-state index contributed by atoms with van der Waals surface area (Å²) in [4.78, 5) is 18.9. The molecular weight excluding hydrogens is 200 g/mol. The van der Waals surface area contributed by atoms with E-state index in [1.165, 1.54) is 0 Å². The number of anilines is 1. The minimum Gasteiger partial charge on any atom is -0.383 e. The molecule has 14 heavy (non-hydrogen) atoms. The molecule has 0 saturated carbocycles. The van der Waals surface area contributed by atoms with Crippen molar-refractivity contribution in [2.24, 2.45) is 5.73 Å². The maximum absolute atomic E-state index is 10.7. The predicted octanol–water partition coefficient (Wildman–Crippen LogP) is -0.265. The number of rotatable bonds is 2. The van der Waals surface area contributed by atoms with Crippen LogP contribution >= 0.6 is 11.8 Å². The number of hydrogen-bond acceptors (Lipinski definition) is 5. The van der Waals surface area contributed by atoms with Gasteiger partial charge in [-0.25, -0.2) is 9.97 Å². The molecule has 0 atom stereocenters. The zero-order valence-corrected chi connectivity index (χ0v) is 8.30. The molecule has 0 bridgehead atoms. The molecule has 1 aromatic heterocycles. The van der Waals surface area contributed by atoms with Gasteiger partial charge in [-0.2, -0.15) is 0 Å². The number of nitrogens with two attached hydrogens (primary N) is 2. The van der Waals surface area contributed by atoms with E-state index in [-0.39, 0.29) is 6.42 Å². The van der Waals surface area contributed by atoms with Gasteiger partial charge in [0.25, 0.3) is 0 Å². The highest BCUT2D eigenvalue weighted by Gasteiger charge is 2.18. The van der Waals surface area contributed by atoms with E-state index in [0.29, 0.717) is 11.6 Å². The molecule has 0 radical (unpaired) electrons. The monoisotopic (exact) mass is 210 g/mol. The van der Waals surface area contributed by atoms with Gasteiger partial charge in [-0.1, -0.05) is 0 Å². The van der Waals surface area contributed by atoms with E-state index in [2.05, 4.69) is 9.97 Å². The van der Waals surface area contributed by atoms with E-state index in [4.69, 9.17) is 11.5 Å². The lowest BCUT2D eigenvalue weighted by Crippen LogP contribution is -2.16. The standard InChI is InChI=1S/C8H10N4OS/c9-5(13)3-6-11-7(10)4-1-2-14-8(4)12-6/h1-3H2,(H2,9,13)(H2,10,11,12). The third-order valence-corrected chi connectivity index (χ3v) is 2.99. The van der Waals surface area contributed by atoms with E-state index >= 15 is 0 Å². The Morgan fingerprint density at radius 2 is 2.29 bits per heavy atom. The lowest BCUT2D eigenvalue weighted by Gasteiger charge is -2.03. The molecule has 0 fully saturated rings. The fourth-order valence-corrected chi connectivity index (χ4v) is 2.42. The maximum atomic E-state index is 10.7. The van der Waals surface area contributed by atoms with Crippen molar-refractivity contribution in [2.75, 3.05) is 11.5 Å². The molecule has 74 valence electrons. The van der Waals surface area contributed by atoms with E-state index in [9.17, 15) is 4.79 Å². The van der Waals surface area contributed by atoms with Gasteiger partial charge in [-0.15, -0.1) is 11.8 Å². The number of amides is 1. The number of nitrogen functional groups attached to an aromatic ring is 1. The van der Waals surface area contributed by atoms with Crippen LogP contribution in [0, 0.1) is 0 Å². The van der Waals surface area contributed by atoms with Crippen molar-refractivity contribution in [3.8, 4) is 0 Å². The van der Waals surface area contributed by atoms with Crippen LogP contribution in [-0.2, 0) is 17.6 Å². The Morgan fingerprint density at radius 1 is 1.50 bits per heavy atom. The number of aromatic nitrogens is 2. The first kappa shape index (κ1) is 9.26. The Bertz CT molecular complexity index is 393. The summed E-state index contributed by atoms with van der Waals surface area (Å²) in [5.74, 6) is 1.44. The Morgan fingerprint density at radius 3 is 3.00 bits per heavy atom. The van der Waals surface area contributed by atoms with Gasteiger partial charge in [0, 0.05) is 11.3 Å². The van der Waals surface area contributed by atoms with E-state index in [1.807, 2.05) is 0 Å². The quantitative estimate of drug-likeness (QED) is 0.655. The molecule has 1 aliphatic rings. The zero-order chi connectivity index (χ0) is 10.1. The Kier molecular flexibility index (Phi) is 2.28. The number of fused-ring (bicyclic) bond motifs is 1. The van der Waals surface area contributed by atoms with Crippen molar-refractivity contribution < 1.29 is 4.79 Å². The number of primary amides is 1. The average molecular weight is 210 g/mol. The number of hydrogen-bond donors (Lipinski definition) is 2. The first-order chi connectivity index (χ1) is 6.66. The topological polar surface area (TPSA) is 94.9 Å². The second-order valence-electron chi connectivity index (χ2n) is 3.05. The third-order valence-electron chi connectivity index (χ3n) is 1.97. The molecule has 5 nitrogen and oxygen atoms in total. The SMILES string of the molecule is NC(=O)Cc1nc(N)c2c(n1)SCC2. The molecule has 0 aliphatic carbocycles. The Hall–Kier alpha value is -1.30. The van der Waals surface area contributed by atoms with Crippen LogP contribution in [0.15, 0.2) is 5.03 Å². The molecule has 2 heterocycles. The number of thioether (sulfide) groups is 1. The van der Waals surface area contributed by atoms with Gasteiger partial charge < -0.3 is 11.5 Å². The van der Waals surface area contributed by atoms with Crippen molar-refractivity contribution in [3.05, 3.63) is 11.4 Å². The van der Waals surface area contributed by atoms with Gasteiger partial charge in [0.2, 0.25) is 5.91 Å². The second-order valence-corrected chi connectivity index (χ2v) is 4.13. The van der Waals surface area contributed by atoms with Gasteiger partial charge in [0.1, 0.15) is 16.7 Å². The summed E-state index contributed by atoms with van der Waals surface area (Å²) in [5, 5.41) is 0.897. The molecule has 0 saturated heterocycles. The Labute approximate surface area is 85.3 Å². The summed E-state index contributed by atoms with van der Waals surface area (Å²) in [6.45, 7) is 0. The van der Waals surface area contributed by atoms with Crippen molar-refractivity contribution in [1.82, 2.24) is 9.97 Å². The summed E-state index contributed by atoms with van der Waals surface area (Å²) in [5.41, 5.74) is 11.8. The smallest absolute Gasteiger partial charge is 0.225 e. The van der Waals surface area contributed by atoms with Gasteiger partial charge in [0.05, 0.1) is 6.42 Å². The summed E-state index contributed by atoms with van der Waals surface area (Å²) >= 11 is 1.64. The van der Waals surface area contributed by atoms with E-state index in [0.717, 1.165) is 22.8 Å². The molecule has 0 unspecified atom stereocenters. The molecule has 0 spiro atoms. The van der Waals surface area contributed by atoms with Crippen LogP contribution < -0.4 is 11.5 Å². The molecule has 1 aliphatic heterocycles. The van der Waals surface area contributed by atoms with Crippen molar-refractivity contribution in [3.63, 3.8) is 0 Å². The minimum atomic E-state index is -0.438. The van der Waals surface area contributed by atoms with Crippen molar-refractivity contribution in [1.29, 1.82) is 0 Å². The first-order valence-electron chi connectivity index (χ1n) is 4.23. The summed E-state index contributed by atoms with van der Waals surface area (Å²) in [6.07, 6.45) is 0.959.